The molecule has 4 rings (SSSR count). The number of benzene rings is 2. The summed E-state index contributed by atoms with van der Waals surface area (Å²) in [5.74, 6) is 2.25. The molecule has 2 aromatic carbocycles. The lowest BCUT2D eigenvalue weighted by molar-refractivity contribution is 0.243. The van der Waals surface area contributed by atoms with Crippen LogP contribution < -0.4 is 4.74 Å². The maximum Gasteiger partial charge on any atom is 0.264 e. The predicted molar refractivity (Wildman–Crippen MR) is 94.5 cm³/mol. The second-order valence-corrected chi connectivity index (χ2v) is 6.17. The van der Waals surface area contributed by atoms with Crippen LogP contribution in [0.5, 0.6) is 5.75 Å². The highest BCUT2D eigenvalue weighted by Gasteiger charge is 2.18. The van der Waals surface area contributed by atoms with Gasteiger partial charge in [-0.3, -0.25) is 0 Å². The summed E-state index contributed by atoms with van der Waals surface area (Å²) in [6, 6.07) is 13.9. The van der Waals surface area contributed by atoms with Crippen LogP contribution >= 0.6 is 0 Å². The summed E-state index contributed by atoms with van der Waals surface area (Å²) < 4.78 is 16.9. The van der Waals surface area contributed by atoms with Crippen LogP contribution in [0, 0.1) is 20.8 Å². The Morgan fingerprint density at radius 3 is 2.68 bits per heavy atom. The Morgan fingerprint density at radius 1 is 1.00 bits per heavy atom. The quantitative estimate of drug-likeness (QED) is 0.526. The van der Waals surface area contributed by atoms with E-state index in [-0.39, 0.29) is 6.61 Å². The second kappa shape index (κ2) is 6.09. The zero-order valence-electron chi connectivity index (χ0n) is 14.4. The molecule has 5 nitrogen and oxygen atoms in total. The standard InChI is InChI=1S/C20H18N2O3/c1-12-5-4-6-15(9-12)23-11-18-21-20(22-25-18)19-14(3)16-10-13(2)7-8-17(16)24-19/h4-10H,11H2,1-3H3. The van der Waals surface area contributed by atoms with Crippen LogP contribution in [0.4, 0.5) is 0 Å². The van der Waals surface area contributed by atoms with E-state index in [4.69, 9.17) is 13.7 Å². The van der Waals surface area contributed by atoms with Gasteiger partial charge in [0.05, 0.1) is 0 Å². The molecule has 0 aliphatic carbocycles. The Morgan fingerprint density at radius 2 is 1.84 bits per heavy atom. The van der Waals surface area contributed by atoms with Crippen LogP contribution in [-0.4, -0.2) is 10.1 Å². The lowest BCUT2D eigenvalue weighted by Gasteiger charge is -2.03. The molecule has 25 heavy (non-hydrogen) atoms. The largest absolute Gasteiger partial charge is 0.484 e. The highest BCUT2D eigenvalue weighted by atomic mass is 16.5. The maximum absolute atomic E-state index is 5.91. The molecule has 0 fully saturated rings. The third-order valence-corrected chi connectivity index (χ3v) is 4.11. The number of ether oxygens (including phenoxy) is 1. The summed E-state index contributed by atoms with van der Waals surface area (Å²) in [4.78, 5) is 4.40. The van der Waals surface area contributed by atoms with Gasteiger partial charge >= 0.3 is 0 Å². The van der Waals surface area contributed by atoms with Crippen LogP contribution in [0.3, 0.4) is 0 Å². The number of hydrogen-bond donors (Lipinski definition) is 0. The van der Waals surface area contributed by atoms with Gasteiger partial charge in [-0.05, 0) is 50.6 Å². The summed E-state index contributed by atoms with van der Waals surface area (Å²) >= 11 is 0. The smallest absolute Gasteiger partial charge is 0.264 e. The van der Waals surface area contributed by atoms with Crippen LogP contribution in [0.25, 0.3) is 22.6 Å². The van der Waals surface area contributed by atoms with Crippen molar-refractivity contribution in [3.63, 3.8) is 0 Å². The average Bonchev–Trinajstić information content (AvgIpc) is 3.18. The minimum absolute atomic E-state index is 0.217. The van der Waals surface area contributed by atoms with Gasteiger partial charge in [-0.2, -0.15) is 4.98 Å². The Bertz CT molecular complexity index is 1050. The van der Waals surface area contributed by atoms with E-state index in [0.29, 0.717) is 17.5 Å². The number of furan rings is 1. The predicted octanol–water partition coefficient (Wildman–Crippen LogP) is 4.99. The van der Waals surface area contributed by atoms with Gasteiger partial charge in [0.25, 0.3) is 5.89 Å². The molecule has 0 aliphatic heterocycles. The van der Waals surface area contributed by atoms with Crippen molar-refractivity contribution in [2.45, 2.75) is 27.4 Å². The van der Waals surface area contributed by atoms with Crippen molar-refractivity contribution in [1.29, 1.82) is 0 Å². The molecule has 126 valence electrons. The number of fused-ring (bicyclic) bond motifs is 1. The van der Waals surface area contributed by atoms with Gasteiger partial charge in [-0.1, -0.05) is 28.9 Å². The van der Waals surface area contributed by atoms with Crippen molar-refractivity contribution in [2.24, 2.45) is 0 Å². The zero-order valence-corrected chi connectivity index (χ0v) is 14.4. The molecule has 4 aromatic rings. The molecular formula is C20H18N2O3. The Kier molecular flexibility index (Phi) is 3.76. The maximum atomic E-state index is 5.91. The van der Waals surface area contributed by atoms with Gasteiger partial charge in [0.15, 0.2) is 12.4 Å². The van der Waals surface area contributed by atoms with E-state index in [1.165, 1.54) is 5.56 Å². The number of aromatic nitrogens is 2. The van der Waals surface area contributed by atoms with Crippen LogP contribution in [0.15, 0.2) is 51.4 Å². The van der Waals surface area contributed by atoms with E-state index in [9.17, 15) is 0 Å². The van der Waals surface area contributed by atoms with E-state index in [1.807, 2.05) is 50.2 Å². The van der Waals surface area contributed by atoms with E-state index in [0.717, 1.165) is 27.8 Å². The summed E-state index contributed by atoms with van der Waals surface area (Å²) in [5.41, 5.74) is 4.14. The first-order chi connectivity index (χ1) is 12.1. The molecule has 0 bridgehead atoms. The minimum atomic E-state index is 0.217. The first-order valence-corrected chi connectivity index (χ1v) is 8.12. The normalized spacial score (nSPS) is 11.2. The molecule has 0 spiro atoms. The lowest BCUT2D eigenvalue weighted by Crippen LogP contribution is -1.95. The Labute approximate surface area is 145 Å². The molecule has 2 heterocycles. The number of rotatable bonds is 4. The van der Waals surface area contributed by atoms with Crippen molar-refractivity contribution in [3.05, 3.63) is 65.0 Å². The van der Waals surface area contributed by atoms with Crippen molar-refractivity contribution in [1.82, 2.24) is 10.1 Å². The zero-order chi connectivity index (χ0) is 17.4. The molecule has 0 atom stereocenters. The molecule has 0 saturated carbocycles. The summed E-state index contributed by atoms with van der Waals surface area (Å²) in [7, 11) is 0. The van der Waals surface area contributed by atoms with E-state index >= 15 is 0 Å². The van der Waals surface area contributed by atoms with Crippen molar-refractivity contribution < 1.29 is 13.7 Å². The van der Waals surface area contributed by atoms with Crippen LogP contribution in [-0.2, 0) is 6.61 Å². The second-order valence-electron chi connectivity index (χ2n) is 6.17. The molecule has 5 heteroatoms. The fourth-order valence-electron chi connectivity index (χ4n) is 2.80. The van der Waals surface area contributed by atoms with Gasteiger partial charge in [0.2, 0.25) is 5.82 Å². The highest BCUT2D eigenvalue weighted by Crippen LogP contribution is 2.32. The molecule has 0 saturated heterocycles. The van der Waals surface area contributed by atoms with Gasteiger partial charge in [-0.25, -0.2) is 0 Å². The molecule has 2 aromatic heterocycles. The fraction of sp³-hybridized carbons (Fsp3) is 0.200. The lowest BCUT2D eigenvalue weighted by atomic mass is 10.1. The molecule has 0 unspecified atom stereocenters. The van der Waals surface area contributed by atoms with Crippen molar-refractivity contribution in [3.8, 4) is 17.3 Å². The van der Waals surface area contributed by atoms with Gasteiger partial charge < -0.3 is 13.7 Å². The van der Waals surface area contributed by atoms with E-state index in [1.54, 1.807) is 0 Å². The van der Waals surface area contributed by atoms with E-state index in [2.05, 4.69) is 23.1 Å². The molecular weight excluding hydrogens is 316 g/mol. The minimum Gasteiger partial charge on any atom is -0.484 e. The number of hydrogen-bond acceptors (Lipinski definition) is 5. The number of aryl methyl sites for hydroxylation is 3. The molecule has 0 amide bonds. The first kappa shape index (κ1) is 15.4. The average molecular weight is 334 g/mol. The molecule has 0 aliphatic rings. The van der Waals surface area contributed by atoms with Gasteiger partial charge in [0, 0.05) is 10.9 Å². The van der Waals surface area contributed by atoms with E-state index < -0.39 is 0 Å². The Balaban J connectivity index is 1.58. The van der Waals surface area contributed by atoms with Crippen LogP contribution in [0.1, 0.15) is 22.6 Å². The third kappa shape index (κ3) is 3.01. The monoisotopic (exact) mass is 334 g/mol. The summed E-state index contributed by atoms with van der Waals surface area (Å²) in [5, 5.41) is 5.10. The fourth-order valence-corrected chi connectivity index (χ4v) is 2.80. The highest BCUT2D eigenvalue weighted by molar-refractivity contribution is 5.87. The number of nitrogens with zero attached hydrogens (tertiary/aromatic N) is 2. The molecule has 0 radical (unpaired) electrons. The van der Waals surface area contributed by atoms with Gasteiger partial charge in [0.1, 0.15) is 11.3 Å². The topological polar surface area (TPSA) is 61.3 Å². The van der Waals surface area contributed by atoms with Crippen LogP contribution in [0.2, 0.25) is 0 Å². The molecule has 0 N–H and O–H groups in total. The summed E-state index contributed by atoms with van der Waals surface area (Å²) in [6.45, 7) is 6.29. The van der Waals surface area contributed by atoms with Gasteiger partial charge in [-0.15, -0.1) is 0 Å². The Hall–Kier alpha value is -3.08. The van der Waals surface area contributed by atoms with Crippen molar-refractivity contribution in [2.75, 3.05) is 0 Å². The third-order valence-electron chi connectivity index (χ3n) is 4.11. The first-order valence-electron chi connectivity index (χ1n) is 8.12. The SMILES string of the molecule is Cc1cccc(OCc2nc(-c3oc4ccc(C)cc4c3C)no2)c1. The summed E-state index contributed by atoms with van der Waals surface area (Å²) in [6.07, 6.45) is 0. The van der Waals surface area contributed by atoms with Crippen molar-refractivity contribution >= 4 is 11.0 Å².